The lowest BCUT2D eigenvalue weighted by Gasteiger charge is -2.29. The Hall–Kier alpha value is -2.32. The number of nitrogens with zero attached hydrogens (tertiary/aromatic N) is 1. The van der Waals surface area contributed by atoms with Gasteiger partial charge in [-0.15, -0.1) is 0 Å². The highest BCUT2D eigenvalue weighted by atomic mass is 32.2. The van der Waals surface area contributed by atoms with Crippen LogP contribution in [-0.4, -0.2) is 31.7 Å². The zero-order valence-electron chi connectivity index (χ0n) is 14.8. The summed E-state index contributed by atoms with van der Waals surface area (Å²) >= 11 is 0. The first-order chi connectivity index (χ1) is 12.8. The summed E-state index contributed by atoms with van der Waals surface area (Å²) in [6.07, 6.45) is 1.67. The van der Waals surface area contributed by atoms with Gasteiger partial charge in [-0.2, -0.15) is 4.31 Å². The van der Waals surface area contributed by atoms with Crippen LogP contribution in [0.15, 0.2) is 47.4 Å². The Morgan fingerprint density at radius 3 is 2.26 bits per heavy atom. The minimum Gasteiger partial charge on any atom is -0.322 e. The Balaban J connectivity index is 1.71. The van der Waals surface area contributed by atoms with Crippen molar-refractivity contribution in [2.45, 2.75) is 24.7 Å². The summed E-state index contributed by atoms with van der Waals surface area (Å²) in [6, 6.07) is 8.64. The summed E-state index contributed by atoms with van der Waals surface area (Å²) in [7, 11) is -3.56. The lowest BCUT2D eigenvalue weighted by atomic mass is 10.0. The average Bonchev–Trinajstić information content (AvgIpc) is 2.64. The van der Waals surface area contributed by atoms with E-state index >= 15 is 0 Å². The number of rotatable bonds is 4. The van der Waals surface area contributed by atoms with Gasteiger partial charge in [0, 0.05) is 24.3 Å². The highest BCUT2D eigenvalue weighted by Gasteiger charge is 2.27. The minimum atomic E-state index is -3.56. The largest absolute Gasteiger partial charge is 0.322 e. The standard InChI is InChI=1S/C19H20F2N2O3S/c1-13-8-10-23(11-9-13)27(25,26)16-5-3-15(4-6-16)22-19(24)14-2-7-17(20)18(21)12-14/h2-7,12-13H,8-11H2,1H3,(H,22,24). The van der Waals surface area contributed by atoms with E-state index in [1.165, 1.54) is 34.6 Å². The number of carbonyl (C=O) groups is 1. The van der Waals surface area contributed by atoms with Crippen LogP contribution in [0.2, 0.25) is 0 Å². The first kappa shape index (κ1) is 19.4. The number of anilines is 1. The van der Waals surface area contributed by atoms with E-state index in [-0.39, 0.29) is 10.5 Å². The summed E-state index contributed by atoms with van der Waals surface area (Å²) in [4.78, 5) is 12.3. The molecule has 1 aliphatic heterocycles. The van der Waals surface area contributed by atoms with Gasteiger partial charge in [0.05, 0.1) is 4.90 Å². The fraction of sp³-hybridized carbons (Fsp3) is 0.316. The van der Waals surface area contributed by atoms with Gasteiger partial charge in [0.1, 0.15) is 0 Å². The fourth-order valence-electron chi connectivity index (χ4n) is 2.93. The molecule has 0 atom stereocenters. The van der Waals surface area contributed by atoms with Gasteiger partial charge >= 0.3 is 0 Å². The molecule has 1 N–H and O–H groups in total. The molecule has 1 aliphatic rings. The van der Waals surface area contributed by atoms with Crippen LogP contribution in [0.25, 0.3) is 0 Å². The van der Waals surface area contributed by atoms with Gasteiger partial charge in [-0.3, -0.25) is 4.79 Å². The molecule has 2 aromatic rings. The van der Waals surface area contributed by atoms with Crippen LogP contribution in [0.3, 0.4) is 0 Å². The predicted octanol–water partition coefficient (Wildman–Crippen LogP) is 3.64. The van der Waals surface area contributed by atoms with Crippen molar-refractivity contribution in [2.75, 3.05) is 18.4 Å². The molecule has 0 spiro atoms. The maximum atomic E-state index is 13.2. The summed E-state index contributed by atoms with van der Waals surface area (Å²) < 4.78 is 53.0. The summed E-state index contributed by atoms with van der Waals surface area (Å²) in [6.45, 7) is 3.10. The van der Waals surface area contributed by atoms with Crippen molar-refractivity contribution in [2.24, 2.45) is 5.92 Å². The minimum absolute atomic E-state index is 0.0342. The number of sulfonamides is 1. The predicted molar refractivity (Wildman–Crippen MR) is 97.9 cm³/mol. The molecule has 1 fully saturated rings. The SMILES string of the molecule is CC1CCN(S(=O)(=O)c2ccc(NC(=O)c3ccc(F)c(F)c3)cc2)CC1. The number of carbonyl (C=O) groups excluding carboxylic acids is 1. The van der Waals surface area contributed by atoms with Crippen molar-refractivity contribution < 1.29 is 22.0 Å². The third-order valence-corrected chi connectivity index (χ3v) is 6.59. The first-order valence-corrected chi connectivity index (χ1v) is 10.1. The second-order valence-corrected chi connectivity index (χ2v) is 8.63. The number of piperidine rings is 1. The molecule has 0 unspecified atom stereocenters. The third kappa shape index (κ3) is 4.33. The van der Waals surface area contributed by atoms with Crippen molar-refractivity contribution >= 4 is 21.6 Å². The van der Waals surface area contributed by atoms with Gasteiger partial charge < -0.3 is 5.32 Å². The summed E-state index contributed by atoms with van der Waals surface area (Å²) in [5.41, 5.74) is 0.323. The van der Waals surface area contributed by atoms with E-state index in [0.29, 0.717) is 24.7 Å². The monoisotopic (exact) mass is 394 g/mol. The van der Waals surface area contributed by atoms with Crippen LogP contribution in [0, 0.1) is 17.6 Å². The lowest BCUT2D eigenvalue weighted by molar-refractivity contribution is 0.102. The van der Waals surface area contributed by atoms with Crippen molar-refractivity contribution in [3.05, 3.63) is 59.7 Å². The molecule has 0 bridgehead atoms. The fourth-order valence-corrected chi connectivity index (χ4v) is 4.39. The Labute approximate surface area is 157 Å². The van der Waals surface area contributed by atoms with Gasteiger partial charge in [-0.25, -0.2) is 17.2 Å². The van der Waals surface area contributed by atoms with Crippen molar-refractivity contribution in [1.29, 1.82) is 0 Å². The lowest BCUT2D eigenvalue weighted by Crippen LogP contribution is -2.37. The molecule has 8 heteroatoms. The van der Waals surface area contributed by atoms with Crippen LogP contribution in [0.5, 0.6) is 0 Å². The Morgan fingerprint density at radius 1 is 1.04 bits per heavy atom. The second kappa shape index (κ2) is 7.74. The Kier molecular flexibility index (Phi) is 5.57. The molecule has 144 valence electrons. The van der Waals surface area contributed by atoms with E-state index in [1.807, 2.05) is 0 Å². The van der Waals surface area contributed by atoms with Crippen LogP contribution >= 0.6 is 0 Å². The van der Waals surface area contributed by atoms with E-state index in [4.69, 9.17) is 0 Å². The topological polar surface area (TPSA) is 66.5 Å². The molecule has 27 heavy (non-hydrogen) atoms. The van der Waals surface area contributed by atoms with E-state index in [2.05, 4.69) is 12.2 Å². The molecular formula is C19H20F2N2O3S. The first-order valence-electron chi connectivity index (χ1n) is 8.64. The average molecular weight is 394 g/mol. The van der Waals surface area contributed by atoms with Crippen LogP contribution < -0.4 is 5.32 Å². The van der Waals surface area contributed by atoms with Gasteiger partial charge in [-0.05, 0) is 61.2 Å². The zero-order chi connectivity index (χ0) is 19.6. The van der Waals surface area contributed by atoms with E-state index < -0.39 is 27.6 Å². The molecule has 1 saturated heterocycles. The molecule has 3 rings (SSSR count). The molecule has 0 aliphatic carbocycles. The second-order valence-electron chi connectivity index (χ2n) is 6.69. The highest BCUT2D eigenvalue weighted by Crippen LogP contribution is 2.24. The van der Waals surface area contributed by atoms with Crippen molar-refractivity contribution in [3.8, 4) is 0 Å². The van der Waals surface area contributed by atoms with Crippen LogP contribution in [0.1, 0.15) is 30.1 Å². The zero-order valence-corrected chi connectivity index (χ0v) is 15.6. The molecule has 0 aromatic heterocycles. The van der Waals surface area contributed by atoms with Gasteiger partial charge in [0.15, 0.2) is 11.6 Å². The van der Waals surface area contributed by atoms with Crippen molar-refractivity contribution in [3.63, 3.8) is 0 Å². The normalized spacial score (nSPS) is 16.3. The Bertz CT molecular complexity index is 938. The molecule has 0 saturated carbocycles. The summed E-state index contributed by atoms with van der Waals surface area (Å²) in [5, 5.41) is 2.53. The quantitative estimate of drug-likeness (QED) is 0.861. The smallest absolute Gasteiger partial charge is 0.255 e. The van der Waals surface area contributed by atoms with Crippen molar-refractivity contribution in [1.82, 2.24) is 4.31 Å². The number of amides is 1. The van der Waals surface area contributed by atoms with Gasteiger partial charge in [-0.1, -0.05) is 6.92 Å². The maximum Gasteiger partial charge on any atom is 0.255 e. The molecule has 1 amide bonds. The number of benzene rings is 2. The third-order valence-electron chi connectivity index (χ3n) is 4.67. The van der Waals surface area contributed by atoms with Gasteiger partial charge in [0.2, 0.25) is 10.0 Å². The Morgan fingerprint density at radius 2 is 1.67 bits per heavy atom. The molecule has 1 heterocycles. The number of nitrogens with one attached hydrogen (secondary N) is 1. The van der Waals surface area contributed by atoms with E-state index in [1.54, 1.807) is 0 Å². The highest BCUT2D eigenvalue weighted by molar-refractivity contribution is 7.89. The van der Waals surface area contributed by atoms with Gasteiger partial charge in [0.25, 0.3) is 5.91 Å². The molecule has 0 radical (unpaired) electrons. The van der Waals surface area contributed by atoms with E-state index in [0.717, 1.165) is 25.0 Å². The number of halogens is 2. The maximum absolute atomic E-state index is 13.2. The molecule has 5 nitrogen and oxygen atoms in total. The van der Waals surface area contributed by atoms with E-state index in [9.17, 15) is 22.0 Å². The van der Waals surface area contributed by atoms with Crippen LogP contribution in [-0.2, 0) is 10.0 Å². The summed E-state index contributed by atoms with van der Waals surface area (Å²) in [5.74, 6) is -2.24. The molecular weight excluding hydrogens is 374 g/mol. The van der Waals surface area contributed by atoms with Crippen LogP contribution in [0.4, 0.5) is 14.5 Å². The molecule has 2 aromatic carbocycles. The number of hydrogen-bond acceptors (Lipinski definition) is 3. The number of hydrogen-bond donors (Lipinski definition) is 1.